The van der Waals surface area contributed by atoms with Crippen LogP contribution < -0.4 is 5.32 Å². The van der Waals surface area contributed by atoms with Gasteiger partial charge in [0.25, 0.3) is 0 Å². The Morgan fingerprint density at radius 1 is 1.05 bits per heavy atom. The van der Waals surface area contributed by atoms with Crippen molar-refractivity contribution in [2.24, 2.45) is 16.7 Å². The normalized spacial score (nSPS) is 35.1. The highest BCUT2D eigenvalue weighted by Crippen LogP contribution is 2.55. The quantitative estimate of drug-likeness (QED) is 0.834. The first kappa shape index (κ1) is 15.8. The molecule has 0 unspecified atom stereocenters. The molecule has 0 aromatic carbocycles. The number of hydrogen-bond acceptors (Lipinski definition) is 2. The minimum absolute atomic E-state index is 0.0417. The number of nitrogens with one attached hydrogen (secondary N) is 1. The van der Waals surface area contributed by atoms with Crippen LogP contribution in [0.1, 0.15) is 73.1 Å². The van der Waals surface area contributed by atoms with Gasteiger partial charge >= 0.3 is 0 Å². The second-order valence-electron chi connectivity index (χ2n) is 8.56. The van der Waals surface area contributed by atoms with Crippen LogP contribution in [0.15, 0.2) is 0 Å². The number of aliphatic hydroxyl groups excluding tert-OH is 1. The predicted molar refractivity (Wildman–Crippen MR) is 81.3 cm³/mol. The van der Waals surface area contributed by atoms with Gasteiger partial charge in [-0.3, -0.25) is 4.79 Å². The molecular formula is C17H31NO2. The van der Waals surface area contributed by atoms with Crippen LogP contribution >= 0.6 is 0 Å². The molecule has 3 nitrogen and oxygen atoms in total. The lowest BCUT2D eigenvalue weighted by molar-refractivity contribution is -0.139. The van der Waals surface area contributed by atoms with E-state index in [0.717, 1.165) is 25.2 Å². The SMILES string of the molecule is CC(C)C12CCC(NC(=O)[C@@H](O)C(C)(C)C)(CC1)CC2. The van der Waals surface area contributed by atoms with Gasteiger partial charge in [-0.05, 0) is 55.3 Å². The molecule has 0 radical (unpaired) electrons. The molecule has 0 saturated heterocycles. The van der Waals surface area contributed by atoms with Crippen LogP contribution in [0.25, 0.3) is 0 Å². The fraction of sp³-hybridized carbons (Fsp3) is 0.941. The molecule has 3 rings (SSSR count). The topological polar surface area (TPSA) is 49.3 Å². The lowest BCUT2D eigenvalue weighted by Crippen LogP contribution is -2.60. The van der Waals surface area contributed by atoms with Gasteiger partial charge in [0.1, 0.15) is 6.10 Å². The summed E-state index contributed by atoms with van der Waals surface area (Å²) in [5.41, 5.74) is 0.0703. The average Bonchev–Trinajstić information content (AvgIpc) is 2.38. The molecule has 2 N–H and O–H groups in total. The highest BCUT2D eigenvalue weighted by molar-refractivity contribution is 5.82. The first-order valence-electron chi connectivity index (χ1n) is 8.10. The zero-order valence-corrected chi connectivity index (χ0v) is 13.8. The van der Waals surface area contributed by atoms with Crippen molar-refractivity contribution < 1.29 is 9.90 Å². The smallest absolute Gasteiger partial charge is 0.249 e. The van der Waals surface area contributed by atoms with E-state index in [4.69, 9.17) is 0 Å². The molecule has 0 spiro atoms. The van der Waals surface area contributed by atoms with Crippen molar-refractivity contribution in [1.82, 2.24) is 5.32 Å². The molecule has 1 atom stereocenters. The van der Waals surface area contributed by atoms with Crippen LogP contribution in [0.3, 0.4) is 0 Å². The maximum absolute atomic E-state index is 12.3. The fourth-order valence-corrected chi connectivity index (χ4v) is 3.99. The van der Waals surface area contributed by atoms with Gasteiger partial charge in [-0.25, -0.2) is 0 Å². The monoisotopic (exact) mass is 281 g/mol. The Labute approximate surface area is 123 Å². The summed E-state index contributed by atoms with van der Waals surface area (Å²) in [6, 6.07) is 0. The van der Waals surface area contributed by atoms with Gasteiger partial charge < -0.3 is 10.4 Å². The number of aliphatic hydroxyl groups is 1. The second kappa shape index (κ2) is 5.01. The van der Waals surface area contributed by atoms with Gasteiger partial charge in [-0.1, -0.05) is 34.6 Å². The van der Waals surface area contributed by atoms with Crippen LogP contribution in [0.4, 0.5) is 0 Å². The van der Waals surface area contributed by atoms with Crippen LogP contribution in [0, 0.1) is 16.7 Å². The summed E-state index contributed by atoms with van der Waals surface area (Å²) in [6.45, 7) is 10.4. The third-order valence-corrected chi connectivity index (χ3v) is 5.99. The highest BCUT2D eigenvalue weighted by atomic mass is 16.3. The molecule has 116 valence electrons. The molecule has 3 fully saturated rings. The first-order valence-corrected chi connectivity index (χ1v) is 8.10. The van der Waals surface area contributed by atoms with Gasteiger partial charge in [0.2, 0.25) is 5.91 Å². The summed E-state index contributed by atoms with van der Waals surface area (Å²) in [6.07, 6.45) is 5.97. The van der Waals surface area contributed by atoms with E-state index >= 15 is 0 Å². The average molecular weight is 281 g/mol. The fourth-order valence-electron chi connectivity index (χ4n) is 3.99. The van der Waals surface area contributed by atoms with Crippen molar-refractivity contribution in [3.05, 3.63) is 0 Å². The summed E-state index contributed by atoms with van der Waals surface area (Å²) in [5, 5.41) is 13.3. The van der Waals surface area contributed by atoms with Crippen LogP contribution in [-0.2, 0) is 4.79 Å². The molecule has 0 aromatic heterocycles. The van der Waals surface area contributed by atoms with Crippen LogP contribution in [0.5, 0.6) is 0 Å². The summed E-state index contributed by atoms with van der Waals surface area (Å²) >= 11 is 0. The zero-order valence-electron chi connectivity index (χ0n) is 13.8. The minimum Gasteiger partial charge on any atom is -0.383 e. The molecular weight excluding hydrogens is 250 g/mol. The Bertz CT molecular complexity index is 356. The van der Waals surface area contributed by atoms with Crippen LogP contribution in [-0.4, -0.2) is 22.7 Å². The van der Waals surface area contributed by atoms with Crippen molar-refractivity contribution in [1.29, 1.82) is 0 Å². The van der Waals surface area contributed by atoms with Crippen molar-refractivity contribution >= 4 is 5.91 Å². The Morgan fingerprint density at radius 3 is 1.85 bits per heavy atom. The molecule has 0 aliphatic heterocycles. The first-order chi connectivity index (χ1) is 9.10. The third kappa shape index (κ3) is 2.74. The van der Waals surface area contributed by atoms with E-state index in [1.807, 2.05) is 20.8 Å². The third-order valence-electron chi connectivity index (χ3n) is 5.99. The van der Waals surface area contributed by atoms with Gasteiger partial charge in [-0.15, -0.1) is 0 Å². The number of rotatable bonds is 3. The zero-order chi connectivity index (χ0) is 15.2. The molecule has 3 saturated carbocycles. The van der Waals surface area contributed by atoms with Crippen molar-refractivity contribution in [2.45, 2.75) is 84.8 Å². The van der Waals surface area contributed by atoms with E-state index in [0.29, 0.717) is 5.41 Å². The maximum Gasteiger partial charge on any atom is 0.249 e. The summed E-state index contributed by atoms with van der Waals surface area (Å²) in [7, 11) is 0. The lowest BCUT2D eigenvalue weighted by Gasteiger charge is -2.56. The minimum atomic E-state index is -0.921. The number of amides is 1. The molecule has 20 heavy (non-hydrogen) atoms. The van der Waals surface area contributed by atoms with E-state index in [-0.39, 0.29) is 11.4 Å². The summed E-state index contributed by atoms with van der Waals surface area (Å²) in [4.78, 5) is 12.3. The summed E-state index contributed by atoms with van der Waals surface area (Å²) < 4.78 is 0. The maximum atomic E-state index is 12.3. The van der Waals surface area contributed by atoms with Gasteiger partial charge in [0.05, 0.1) is 0 Å². The number of hydrogen-bond donors (Lipinski definition) is 2. The molecule has 0 aromatic rings. The van der Waals surface area contributed by atoms with Crippen molar-refractivity contribution in [3.8, 4) is 0 Å². The van der Waals surface area contributed by atoms with Crippen molar-refractivity contribution in [3.63, 3.8) is 0 Å². The predicted octanol–water partition coefficient (Wildman–Crippen LogP) is 3.26. The van der Waals surface area contributed by atoms with Gasteiger partial charge in [-0.2, -0.15) is 0 Å². The second-order valence-corrected chi connectivity index (χ2v) is 8.56. The molecule has 2 bridgehead atoms. The number of carbonyl (C=O) groups excluding carboxylic acids is 1. The Balaban J connectivity index is 2.01. The van der Waals surface area contributed by atoms with E-state index < -0.39 is 11.5 Å². The summed E-state index contributed by atoms with van der Waals surface area (Å²) in [5.74, 6) is 0.549. The molecule has 3 aliphatic carbocycles. The van der Waals surface area contributed by atoms with E-state index in [9.17, 15) is 9.90 Å². The molecule has 3 heteroatoms. The highest BCUT2D eigenvalue weighted by Gasteiger charge is 2.50. The molecule has 1 amide bonds. The van der Waals surface area contributed by atoms with E-state index in [2.05, 4.69) is 19.2 Å². The van der Waals surface area contributed by atoms with E-state index in [1.54, 1.807) is 0 Å². The standard InChI is InChI=1S/C17H31NO2/c1-12(2)16-6-9-17(10-7-16,11-8-16)18-14(20)13(19)15(3,4)5/h12-13,19H,6-11H2,1-5H3,(H,18,20)/t13-,16?,17?/m1/s1. The number of carbonyl (C=O) groups is 1. The van der Waals surface area contributed by atoms with Crippen LogP contribution in [0.2, 0.25) is 0 Å². The molecule has 3 aliphatic rings. The Hall–Kier alpha value is -0.570. The van der Waals surface area contributed by atoms with Crippen molar-refractivity contribution in [2.75, 3.05) is 0 Å². The van der Waals surface area contributed by atoms with Gasteiger partial charge in [0.15, 0.2) is 0 Å². The largest absolute Gasteiger partial charge is 0.383 e. The lowest BCUT2D eigenvalue weighted by atomic mass is 9.53. The number of fused-ring (bicyclic) bond motifs is 3. The van der Waals surface area contributed by atoms with Gasteiger partial charge in [0, 0.05) is 5.54 Å². The Kier molecular flexibility index (Phi) is 3.96. The molecule has 0 heterocycles. The van der Waals surface area contributed by atoms with E-state index in [1.165, 1.54) is 19.3 Å². The Morgan fingerprint density at radius 2 is 1.50 bits per heavy atom.